The molecule has 1 heterocycles. The molecule has 1 saturated carbocycles. The van der Waals surface area contributed by atoms with Gasteiger partial charge in [-0.2, -0.15) is 0 Å². The summed E-state index contributed by atoms with van der Waals surface area (Å²) in [5.74, 6) is 2.27. The number of rotatable bonds is 10. The second-order valence-electron chi connectivity index (χ2n) is 7.72. The summed E-state index contributed by atoms with van der Waals surface area (Å²) in [7, 11) is 3.21. The highest BCUT2D eigenvalue weighted by atomic mass is 32.1. The summed E-state index contributed by atoms with van der Waals surface area (Å²) in [6.07, 6.45) is 5.29. The van der Waals surface area contributed by atoms with E-state index in [0.29, 0.717) is 30.4 Å². The van der Waals surface area contributed by atoms with E-state index < -0.39 is 0 Å². The Balaban J connectivity index is 1.67. The van der Waals surface area contributed by atoms with E-state index in [1.807, 2.05) is 28.5 Å². The number of para-hydroxylation sites is 1. The number of hydrogen-bond donors (Lipinski definition) is 0. The van der Waals surface area contributed by atoms with Crippen molar-refractivity contribution in [3.8, 4) is 17.2 Å². The van der Waals surface area contributed by atoms with Crippen molar-refractivity contribution in [2.24, 2.45) is 5.92 Å². The molecule has 0 unspecified atom stereocenters. The molecule has 1 aromatic heterocycles. The summed E-state index contributed by atoms with van der Waals surface area (Å²) in [5, 5.41) is 2.88. The van der Waals surface area contributed by atoms with Gasteiger partial charge in [0.25, 0.3) is 0 Å². The van der Waals surface area contributed by atoms with Crippen LogP contribution in [0.15, 0.2) is 23.6 Å². The molecule has 3 rings (SSSR count). The Hall–Kier alpha value is -2.28. The second-order valence-corrected chi connectivity index (χ2v) is 8.66. The van der Waals surface area contributed by atoms with Gasteiger partial charge in [-0.15, -0.1) is 11.3 Å². The number of nitrogens with zero attached hydrogens (tertiary/aromatic N) is 2. The molecular formula is C23H32N2O4S. The number of carbonyl (C=O) groups is 1. The van der Waals surface area contributed by atoms with Crippen molar-refractivity contribution in [2.45, 2.75) is 65.1 Å². The maximum atomic E-state index is 13.1. The number of amides is 1. The van der Waals surface area contributed by atoms with Gasteiger partial charge in [-0.3, -0.25) is 4.79 Å². The molecule has 164 valence electrons. The number of thiazole rings is 1. The lowest BCUT2D eigenvalue weighted by molar-refractivity contribution is -0.138. The van der Waals surface area contributed by atoms with Gasteiger partial charge < -0.3 is 19.1 Å². The molecule has 0 bridgehead atoms. The van der Waals surface area contributed by atoms with Gasteiger partial charge in [0, 0.05) is 17.3 Å². The number of aromatic nitrogens is 1. The Morgan fingerprint density at radius 1 is 1.23 bits per heavy atom. The minimum Gasteiger partial charge on any atom is -0.493 e. The molecule has 1 aliphatic carbocycles. The second kappa shape index (κ2) is 10.7. The van der Waals surface area contributed by atoms with Gasteiger partial charge >= 0.3 is 0 Å². The van der Waals surface area contributed by atoms with E-state index in [4.69, 9.17) is 19.2 Å². The Kier molecular flexibility index (Phi) is 7.96. The predicted molar refractivity (Wildman–Crippen MR) is 118 cm³/mol. The average molecular weight is 433 g/mol. The maximum absolute atomic E-state index is 13.1. The Labute approximate surface area is 183 Å². The first-order valence-corrected chi connectivity index (χ1v) is 11.5. The lowest BCUT2D eigenvalue weighted by atomic mass is 10.0. The average Bonchev–Trinajstić information content (AvgIpc) is 3.47. The number of methoxy groups -OCH3 is 2. The van der Waals surface area contributed by atoms with Crippen molar-refractivity contribution in [2.75, 3.05) is 14.2 Å². The van der Waals surface area contributed by atoms with Crippen LogP contribution in [0.25, 0.3) is 0 Å². The molecule has 1 aliphatic rings. The summed E-state index contributed by atoms with van der Waals surface area (Å²) in [4.78, 5) is 19.8. The topological polar surface area (TPSA) is 60.9 Å². The Morgan fingerprint density at radius 3 is 2.50 bits per heavy atom. The molecule has 0 radical (unpaired) electrons. The number of ether oxygens (including phenoxy) is 3. The summed E-state index contributed by atoms with van der Waals surface area (Å²) in [6.45, 7) is 5.12. The Bertz CT molecular complexity index is 810. The van der Waals surface area contributed by atoms with Crippen molar-refractivity contribution in [3.63, 3.8) is 0 Å². The molecule has 2 aromatic rings. The first-order chi connectivity index (χ1) is 14.6. The highest BCUT2D eigenvalue weighted by Crippen LogP contribution is 2.37. The molecule has 0 N–H and O–H groups in total. The predicted octanol–water partition coefficient (Wildman–Crippen LogP) is 5.06. The third-order valence-electron chi connectivity index (χ3n) is 5.76. The van der Waals surface area contributed by atoms with E-state index in [1.165, 1.54) is 0 Å². The molecule has 1 aromatic carbocycles. The monoisotopic (exact) mass is 432 g/mol. The van der Waals surface area contributed by atoms with Crippen LogP contribution in [-0.2, 0) is 17.9 Å². The molecular weight excluding hydrogens is 400 g/mol. The molecule has 30 heavy (non-hydrogen) atoms. The zero-order chi connectivity index (χ0) is 21.5. The smallest absolute Gasteiger partial charge is 0.226 e. The zero-order valence-corrected chi connectivity index (χ0v) is 19.2. The molecule has 1 fully saturated rings. The fourth-order valence-electron chi connectivity index (χ4n) is 3.83. The van der Waals surface area contributed by atoms with Crippen molar-refractivity contribution in [3.05, 3.63) is 34.3 Å². The highest BCUT2D eigenvalue weighted by Gasteiger charge is 2.29. The van der Waals surface area contributed by atoms with Crippen LogP contribution in [0.3, 0.4) is 0 Å². The van der Waals surface area contributed by atoms with Gasteiger partial charge in [0.05, 0.1) is 26.5 Å². The lowest BCUT2D eigenvalue weighted by Gasteiger charge is -2.30. The van der Waals surface area contributed by atoms with Crippen molar-refractivity contribution >= 4 is 17.2 Å². The molecule has 1 atom stereocenters. The van der Waals surface area contributed by atoms with Gasteiger partial charge in [-0.1, -0.05) is 25.8 Å². The molecule has 0 aliphatic heterocycles. The van der Waals surface area contributed by atoms with Gasteiger partial charge in [0.15, 0.2) is 11.5 Å². The van der Waals surface area contributed by atoms with E-state index in [1.54, 1.807) is 25.6 Å². The summed E-state index contributed by atoms with van der Waals surface area (Å²) < 4.78 is 16.7. The van der Waals surface area contributed by atoms with Gasteiger partial charge in [-0.25, -0.2) is 4.98 Å². The quantitative estimate of drug-likeness (QED) is 0.525. The van der Waals surface area contributed by atoms with E-state index >= 15 is 0 Å². The molecule has 0 spiro atoms. The fourth-order valence-corrected chi connectivity index (χ4v) is 4.53. The molecule has 7 heteroatoms. The van der Waals surface area contributed by atoms with Crippen LogP contribution < -0.4 is 14.2 Å². The van der Waals surface area contributed by atoms with Crippen LogP contribution in [0.4, 0.5) is 0 Å². The largest absolute Gasteiger partial charge is 0.493 e. The van der Waals surface area contributed by atoms with E-state index in [-0.39, 0.29) is 17.9 Å². The van der Waals surface area contributed by atoms with Gasteiger partial charge in [0.2, 0.25) is 11.7 Å². The number of hydrogen-bond acceptors (Lipinski definition) is 6. The fraction of sp³-hybridized carbons (Fsp3) is 0.565. The minimum atomic E-state index is 0.179. The van der Waals surface area contributed by atoms with Crippen LogP contribution in [0, 0.1) is 5.92 Å². The first kappa shape index (κ1) is 22.4. The Morgan fingerprint density at radius 2 is 1.90 bits per heavy atom. The number of benzene rings is 1. The van der Waals surface area contributed by atoms with Crippen molar-refractivity contribution in [1.82, 2.24) is 9.88 Å². The van der Waals surface area contributed by atoms with Crippen LogP contribution in [0.1, 0.15) is 56.7 Å². The van der Waals surface area contributed by atoms with Crippen LogP contribution >= 0.6 is 11.3 Å². The van der Waals surface area contributed by atoms with Gasteiger partial charge in [0.1, 0.15) is 11.6 Å². The van der Waals surface area contributed by atoms with Gasteiger partial charge in [-0.05, 0) is 38.3 Å². The normalized spacial score (nSPS) is 15.1. The SMILES string of the molecule is CC[C@@H](C)N(Cc1csc(COc2c(OC)cccc2OC)n1)C(=O)C1CCCC1. The summed E-state index contributed by atoms with van der Waals surface area (Å²) in [5.41, 5.74) is 0.914. The summed E-state index contributed by atoms with van der Waals surface area (Å²) in [6, 6.07) is 5.74. The number of carbonyl (C=O) groups excluding carboxylic acids is 1. The van der Waals surface area contributed by atoms with Crippen molar-refractivity contribution in [1.29, 1.82) is 0 Å². The van der Waals surface area contributed by atoms with E-state index in [9.17, 15) is 4.79 Å². The first-order valence-electron chi connectivity index (χ1n) is 10.6. The third-order valence-corrected chi connectivity index (χ3v) is 6.64. The third kappa shape index (κ3) is 5.25. The minimum absolute atomic E-state index is 0.179. The van der Waals surface area contributed by atoms with Crippen LogP contribution in [0.2, 0.25) is 0 Å². The van der Waals surface area contributed by atoms with Crippen LogP contribution in [0.5, 0.6) is 17.2 Å². The molecule has 0 saturated heterocycles. The van der Waals surface area contributed by atoms with E-state index in [0.717, 1.165) is 42.8 Å². The molecule has 1 amide bonds. The maximum Gasteiger partial charge on any atom is 0.226 e. The lowest BCUT2D eigenvalue weighted by Crippen LogP contribution is -2.41. The molecule has 6 nitrogen and oxygen atoms in total. The zero-order valence-electron chi connectivity index (χ0n) is 18.3. The van der Waals surface area contributed by atoms with Crippen molar-refractivity contribution < 1.29 is 19.0 Å². The van der Waals surface area contributed by atoms with Crippen LogP contribution in [-0.4, -0.2) is 36.1 Å². The summed E-state index contributed by atoms with van der Waals surface area (Å²) >= 11 is 1.55. The highest BCUT2D eigenvalue weighted by molar-refractivity contribution is 7.09. The van der Waals surface area contributed by atoms with E-state index in [2.05, 4.69) is 13.8 Å². The standard InChI is InChI=1S/C23H32N2O4S/c1-5-16(2)25(23(26)17-9-6-7-10-17)13-18-15-30-21(24-18)14-29-22-19(27-3)11-8-12-20(22)28-4/h8,11-12,15-17H,5-7,9-10,13-14H2,1-4H3/t16-/m1/s1.